The van der Waals surface area contributed by atoms with Crippen molar-refractivity contribution in [1.29, 1.82) is 0 Å². The van der Waals surface area contributed by atoms with Gasteiger partial charge in [-0.3, -0.25) is 4.79 Å². The molecule has 1 unspecified atom stereocenters. The second-order valence-electron chi connectivity index (χ2n) is 4.35. The zero-order chi connectivity index (χ0) is 13.3. The van der Waals surface area contributed by atoms with Crippen molar-refractivity contribution in [2.45, 2.75) is 58.4 Å². The van der Waals surface area contributed by atoms with Crippen molar-refractivity contribution >= 4 is 11.9 Å². The summed E-state index contributed by atoms with van der Waals surface area (Å²) in [6.45, 7) is 7.18. The van der Waals surface area contributed by atoms with Crippen LogP contribution in [0.1, 0.15) is 52.4 Å². The molecule has 0 rings (SSSR count). The number of hydrogen-bond donors (Lipinski definition) is 2. The highest BCUT2D eigenvalue weighted by Crippen LogP contribution is 2.08. The summed E-state index contributed by atoms with van der Waals surface area (Å²) >= 11 is 0. The summed E-state index contributed by atoms with van der Waals surface area (Å²) in [5.74, 6) is -1.36. The smallest absolute Gasteiger partial charge is 0.326 e. The minimum atomic E-state index is -0.977. The second-order valence-corrected chi connectivity index (χ2v) is 4.35. The van der Waals surface area contributed by atoms with E-state index in [-0.39, 0.29) is 5.91 Å². The molecule has 2 N–H and O–H groups in total. The van der Waals surface area contributed by atoms with Crippen molar-refractivity contribution in [2.24, 2.45) is 0 Å². The van der Waals surface area contributed by atoms with Crippen molar-refractivity contribution in [1.82, 2.24) is 5.32 Å². The molecule has 4 heteroatoms. The van der Waals surface area contributed by atoms with Crippen molar-refractivity contribution in [3.05, 3.63) is 12.2 Å². The van der Waals surface area contributed by atoms with Crippen LogP contribution in [0.4, 0.5) is 0 Å². The number of unbranched alkanes of at least 4 members (excludes halogenated alkanes) is 4. The third-order valence-electron chi connectivity index (χ3n) is 2.59. The first-order chi connectivity index (χ1) is 7.99. The minimum Gasteiger partial charge on any atom is -0.480 e. The molecule has 0 saturated carbocycles. The molecule has 0 radical (unpaired) electrons. The maximum atomic E-state index is 11.3. The van der Waals surface area contributed by atoms with E-state index in [1.165, 1.54) is 6.42 Å². The molecular formula is C13H23NO3. The maximum Gasteiger partial charge on any atom is 0.326 e. The Morgan fingerprint density at radius 1 is 1.24 bits per heavy atom. The average molecular weight is 241 g/mol. The van der Waals surface area contributed by atoms with Gasteiger partial charge in [0, 0.05) is 5.57 Å². The fourth-order valence-electron chi connectivity index (χ4n) is 1.49. The first-order valence-electron chi connectivity index (χ1n) is 6.18. The maximum absolute atomic E-state index is 11.3. The van der Waals surface area contributed by atoms with Gasteiger partial charge < -0.3 is 10.4 Å². The van der Waals surface area contributed by atoms with E-state index in [1.807, 2.05) is 0 Å². The Kier molecular flexibility index (Phi) is 8.11. The largest absolute Gasteiger partial charge is 0.480 e. The van der Waals surface area contributed by atoms with Gasteiger partial charge in [0.15, 0.2) is 0 Å². The Balaban J connectivity index is 3.95. The number of rotatable bonds is 9. The molecule has 0 aromatic rings. The molecule has 0 aliphatic carbocycles. The number of carbonyl (C=O) groups excluding carboxylic acids is 1. The van der Waals surface area contributed by atoms with Gasteiger partial charge in [0.2, 0.25) is 5.91 Å². The predicted octanol–water partition coefficient (Wildman–Crippen LogP) is 2.49. The van der Waals surface area contributed by atoms with Crippen LogP contribution in [0.5, 0.6) is 0 Å². The minimum absolute atomic E-state index is 0.335. The van der Waals surface area contributed by atoms with E-state index in [9.17, 15) is 9.59 Å². The zero-order valence-electron chi connectivity index (χ0n) is 10.8. The van der Waals surface area contributed by atoms with E-state index in [0.717, 1.165) is 25.7 Å². The van der Waals surface area contributed by atoms with Crippen LogP contribution in [0.15, 0.2) is 12.2 Å². The number of carbonyl (C=O) groups is 2. The number of aliphatic carboxylic acids is 1. The highest BCUT2D eigenvalue weighted by atomic mass is 16.4. The quantitative estimate of drug-likeness (QED) is 0.481. The van der Waals surface area contributed by atoms with E-state index in [0.29, 0.717) is 12.0 Å². The molecule has 0 bridgehead atoms. The van der Waals surface area contributed by atoms with Gasteiger partial charge in [0.05, 0.1) is 0 Å². The molecule has 1 atom stereocenters. The monoisotopic (exact) mass is 241 g/mol. The number of amides is 1. The van der Waals surface area contributed by atoms with E-state index in [2.05, 4.69) is 18.8 Å². The molecule has 4 nitrogen and oxygen atoms in total. The van der Waals surface area contributed by atoms with E-state index in [1.54, 1.807) is 6.92 Å². The van der Waals surface area contributed by atoms with Crippen molar-refractivity contribution in [2.75, 3.05) is 0 Å². The van der Waals surface area contributed by atoms with Gasteiger partial charge in [-0.2, -0.15) is 0 Å². The predicted molar refractivity (Wildman–Crippen MR) is 67.8 cm³/mol. The molecule has 0 fully saturated rings. The topological polar surface area (TPSA) is 66.4 Å². The van der Waals surface area contributed by atoms with Gasteiger partial charge in [-0.1, -0.05) is 45.6 Å². The second kappa shape index (κ2) is 8.79. The molecule has 0 aliphatic heterocycles. The molecule has 0 saturated heterocycles. The lowest BCUT2D eigenvalue weighted by Gasteiger charge is -2.14. The third kappa shape index (κ3) is 7.55. The van der Waals surface area contributed by atoms with E-state index in [4.69, 9.17) is 5.11 Å². The zero-order valence-corrected chi connectivity index (χ0v) is 10.8. The number of nitrogens with one attached hydrogen (secondary N) is 1. The molecule has 0 aromatic heterocycles. The van der Waals surface area contributed by atoms with Gasteiger partial charge in [0.25, 0.3) is 0 Å². The molecule has 0 aliphatic rings. The summed E-state index contributed by atoms with van der Waals surface area (Å²) in [5.41, 5.74) is 0.335. The summed E-state index contributed by atoms with van der Waals surface area (Å²) in [4.78, 5) is 22.3. The molecule has 0 spiro atoms. The number of carboxylic acid groups (broad SMARTS) is 1. The van der Waals surface area contributed by atoms with Gasteiger partial charge in [0.1, 0.15) is 6.04 Å². The van der Waals surface area contributed by atoms with Gasteiger partial charge >= 0.3 is 5.97 Å². The SMILES string of the molecule is C=C(C)C(=O)NC(CCCCCCC)C(=O)O. The van der Waals surface area contributed by atoms with Crippen LogP contribution in [0, 0.1) is 0 Å². The van der Waals surface area contributed by atoms with Crippen LogP contribution in [0.3, 0.4) is 0 Å². The molecule has 98 valence electrons. The van der Waals surface area contributed by atoms with Crippen LogP contribution in [0.25, 0.3) is 0 Å². The van der Waals surface area contributed by atoms with Gasteiger partial charge in [-0.15, -0.1) is 0 Å². The lowest BCUT2D eigenvalue weighted by atomic mass is 10.1. The van der Waals surface area contributed by atoms with E-state index >= 15 is 0 Å². The van der Waals surface area contributed by atoms with Crippen LogP contribution >= 0.6 is 0 Å². The summed E-state index contributed by atoms with van der Waals surface area (Å²) in [6.07, 6.45) is 5.79. The van der Waals surface area contributed by atoms with Gasteiger partial charge in [-0.05, 0) is 13.3 Å². The number of carboxylic acids is 1. The Labute approximate surface area is 103 Å². The Bertz CT molecular complexity index is 274. The Morgan fingerprint density at radius 3 is 2.29 bits per heavy atom. The van der Waals surface area contributed by atoms with Crippen molar-refractivity contribution in [3.8, 4) is 0 Å². The highest BCUT2D eigenvalue weighted by Gasteiger charge is 2.19. The van der Waals surface area contributed by atoms with Crippen molar-refractivity contribution < 1.29 is 14.7 Å². The van der Waals surface area contributed by atoms with Crippen LogP contribution < -0.4 is 5.32 Å². The van der Waals surface area contributed by atoms with Gasteiger partial charge in [-0.25, -0.2) is 4.79 Å². The first kappa shape index (κ1) is 15.7. The molecular weight excluding hydrogens is 218 g/mol. The summed E-state index contributed by atoms with van der Waals surface area (Å²) < 4.78 is 0. The molecule has 1 amide bonds. The lowest BCUT2D eigenvalue weighted by molar-refractivity contribution is -0.141. The average Bonchev–Trinajstić information content (AvgIpc) is 2.26. The molecule has 0 heterocycles. The summed E-state index contributed by atoms with van der Waals surface area (Å²) in [7, 11) is 0. The Morgan fingerprint density at radius 2 is 1.82 bits per heavy atom. The van der Waals surface area contributed by atoms with Crippen LogP contribution in [-0.2, 0) is 9.59 Å². The first-order valence-corrected chi connectivity index (χ1v) is 6.18. The van der Waals surface area contributed by atoms with Crippen LogP contribution in [-0.4, -0.2) is 23.0 Å². The third-order valence-corrected chi connectivity index (χ3v) is 2.59. The molecule has 17 heavy (non-hydrogen) atoms. The normalized spacial score (nSPS) is 11.9. The summed E-state index contributed by atoms with van der Waals surface area (Å²) in [6, 6.07) is -0.791. The Hall–Kier alpha value is -1.32. The van der Waals surface area contributed by atoms with E-state index < -0.39 is 12.0 Å². The fraction of sp³-hybridized carbons (Fsp3) is 0.692. The molecule has 0 aromatic carbocycles. The van der Waals surface area contributed by atoms with Crippen LogP contribution in [0.2, 0.25) is 0 Å². The van der Waals surface area contributed by atoms with Crippen molar-refractivity contribution in [3.63, 3.8) is 0 Å². The summed E-state index contributed by atoms with van der Waals surface area (Å²) in [5, 5.41) is 11.4. The number of hydrogen-bond acceptors (Lipinski definition) is 2. The lowest BCUT2D eigenvalue weighted by Crippen LogP contribution is -2.40. The fourth-order valence-corrected chi connectivity index (χ4v) is 1.49. The standard InChI is InChI=1S/C13H23NO3/c1-4-5-6-7-8-9-11(13(16)17)14-12(15)10(2)3/h11H,2,4-9H2,1,3H3,(H,14,15)(H,16,17). The highest BCUT2D eigenvalue weighted by molar-refractivity contribution is 5.94.